The zero-order valence-electron chi connectivity index (χ0n) is 18.0. The Morgan fingerprint density at radius 1 is 1.25 bits per heavy atom. The number of hydrogen-bond acceptors (Lipinski definition) is 3. The minimum atomic E-state index is 0. The number of nitrogens with zero attached hydrogens (tertiary/aromatic N) is 2. The molecule has 3 aliphatic rings. The van der Waals surface area contributed by atoms with E-state index in [1.807, 2.05) is 25.8 Å². The zero-order chi connectivity index (χ0) is 19.4. The molecule has 3 atom stereocenters. The molecule has 0 radical (unpaired) electrons. The number of hydrogen-bond donors (Lipinski definition) is 2. The second kappa shape index (κ2) is 10.5. The fourth-order valence-corrected chi connectivity index (χ4v) is 5.24. The maximum Gasteiger partial charge on any atom is 0.225 e. The number of nitrogens with one attached hydrogen (secondary N) is 2. The van der Waals surface area contributed by atoms with Gasteiger partial charge in [0.2, 0.25) is 5.91 Å². The Hall–Kier alpha value is -0.570. The van der Waals surface area contributed by atoms with Crippen molar-refractivity contribution in [1.29, 1.82) is 0 Å². The van der Waals surface area contributed by atoms with E-state index < -0.39 is 0 Å². The van der Waals surface area contributed by atoms with Gasteiger partial charge in [0.15, 0.2) is 5.96 Å². The van der Waals surface area contributed by atoms with Crippen molar-refractivity contribution >= 4 is 35.8 Å². The summed E-state index contributed by atoms with van der Waals surface area (Å²) in [6.07, 6.45) is 8.92. The van der Waals surface area contributed by atoms with Gasteiger partial charge in [-0.2, -0.15) is 0 Å². The molecule has 3 unspecified atom stereocenters. The van der Waals surface area contributed by atoms with Gasteiger partial charge in [-0.15, -0.1) is 24.0 Å². The third-order valence-corrected chi connectivity index (χ3v) is 6.81. The summed E-state index contributed by atoms with van der Waals surface area (Å²) in [6, 6.07) is 0.722. The van der Waals surface area contributed by atoms with Crippen molar-refractivity contribution in [3.63, 3.8) is 0 Å². The number of halogens is 1. The fraction of sp³-hybridized carbons (Fsp3) is 0.905. The molecular weight excluding hydrogens is 467 g/mol. The molecule has 1 heterocycles. The fourth-order valence-electron chi connectivity index (χ4n) is 5.24. The van der Waals surface area contributed by atoms with E-state index in [1.165, 1.54) is 32.1 Å². The molecule has 7 heteroatoms. The molecule has 0 bridgehead atoms. The van der Waals surface area contributed by atoms with Gasteiger partial charge in [0.05, 0.1) is 6.10 Å². The molecule has 28 heavy (non-hydrogen) atoms. The molecule has 0 aromatic carbocycles. The lowest BCUT2D eigenvalue weighted by molar-refractivity contribution is -0.145. The van der Waals surface area contributed by atoms with Gasteiger partial charge in [0.1, 0.15) is 0 Å². The van der Waals surface area contributed by atoms with E-state index in [0.717, 1.165) is 38.5 Å². The van der Waals surface area contributed by atoms with Crippen LogP contribution in [0.1, 0.15) is 65.7 Å². The number of rotatable bonds is 5. The van der Waals surface area contributed by atoms with Gasteiger partial charge < -0.3 is 20.3 Å². The number of amides is 1. The number of ether oxygens (including phenoxy) is 1. The molecule has 1 spiro atoms. The van der Waals surface area contributed by atoms with Crippen LogP contribution >= 0.6 is 24.0 Å². The van der Waals surface area contributed by atoms with Crippen molar-refractivity contribution in [2.45, 2.75) is 83.9 Å². The van der Waals surface area contributed by atoms with Crippen LogP contribution in [0.4, 0.5) is 0 Å². The summed E-state index contributed by atoms with van der Waals surface area (Å²) in [5.74, 6) is 1.20. The van der Waals surface area contributed by atoms with Gasteiger partial charge in [0, 0.05) is 50.2 Å². The first-order valence-corrected chi connectivity index (χ1v) is 10.9. The van der Waals surface area contributed by atoms with Crippen LogP contribution in [0.25, 0.3) is 0 Å². The summed E-state index contributed by atoms with van der Waals surface area (Å²) in [5, 5.41) is 7.26. The van der Waals surface area contributed by atoms with Crippen molar-refractivity contribution in [1.82, 2.24) is 15.5 Å². The average Bonchev–Trinajstić information content (AvgIpc) is 3.14. The highest BCUT2D eigenvalue weighted by Gasteiger charge is 2.56. The molecule has 0 aromatic rings. The first-order chi connectivity index (χ1) is 13.0. The van der Waals surface area contributed by atoms with Gasteiger partial charge in [-0.3, -0.25) is 9.79 Å². The van der Waals surface area contributed by atoms with E-state index in [2.05, 4.69) is 22.5 Å². The van der Waals surface area contributed by atoms with Crippen LogP contribution in [0, 0.1) is 11.3 Å². The molecule has 1 amide bonds. The van der Waals surface area contributed by atoms with E-state index in [4.69, 9.17) is 4.74 Å². The van der Waals surface area contributed by atoms with Gasteiger partial charge >= 0.3 is 0 Å². The third-order valence-electron chi connectivity index (χ3n) is 6.81. The van der Waals surface area contributed by atoms with Gasteiger partial charge in [0.25, 0.3) is 0 Å². The highest BCUT2D eigenvalue weighted by molar-refractivity contribution is 14.0. The summed E-state index contributed by atoms with van der Waals surface area (Å²) in [6.45, 7) is 8.45. The van der Waals surface area contributed by atoms with Crippen LogP contribution in [0.3, 0.4) is 0 Å². The molecule has 2 N–H and O–H groups in total. The van der Waals surface area contributed by atoms with Crippen molar-refractivity contribution in [2.75, 3.05) is 26.7 Å². The number of carbonyl (C=O) groups is 1. The Morgan fingerprint density at radius 3 is 2.57 bits per heavy atom. The smallest absolute Gasteiger partial charge is 0.225 e. The molecule has 3 rings (SSSR count). The van der Waals surface area contributed by atoms with Gasteiger partial charge in [-0.25, -0.2) is 0 Å². The van der Waals surface area contributed by atoms with E-state index in [9.17, 15) is 4.79 Å². The van der Waals surface area contributed by atoms with Crippen molar-refractivity contribution in [3.8, 4) is 0 Å². The molecule has 2 aliphatic carbocycles. The Balaban J connectivity index is 0.00000280. The second-order valence-electron chi connectivity index (χ2n) is 8.81. The Labute approximate surface area is 187 Å². The standard InChI is InChI=1S/C21H38N4O2.HI/c1-5-27-18-13-17(21(18)10-7-6-8-11-21)24-20(22-4)23-16-9-12-25(14-16)19(26)15(2)3;/h15-18H,5-14H2,1-4H3,(H2,22,23,24);1H. The average molecular weight is 506 g/mol. The topological polar surface area (TPSA) is 66.0 Å². The highest BCUT2D eigenvalue weighted by Crippen LogP contribution is 2.53. The summed E-state index contributed by atoms with van der Waals surface area (Å²) >= 11 is 0. The van der Waals surface area contributed by atoms with Crippen LogP contribution in [0.15, 0.2) is 4.99 Å². The van der Waals surface area contributed by atoms with Gasteiger partial charge in [-0.05, 0) is 32.6 Å². The molecule has 1 saturated heterocycles. The van der Waals surface area contributed by atoms with Gasteiger partial charge in [-0.1, -0.05) is 33.1 Å². The summed E-state index contributed by atoms with van der Waals surface area (Å²) in [5.41, 5.74) is 0.279. The largest absolute Gasteiger partial charge is 0.378 e. The number of aliphatic imine (C=N–C) groups is 1. The molecule has 2 saturated carbocycles. The maximum absolute atomic E-state index is 12.2. The lowest BCUT2D eigenvalue weighted by Crippen LogP contribution is -2.67. The van der Waals surface area contributed by atoms with Crippen molar-refractivity contribution in [2.24, 2.45) is 16.3 Å². The normalized spacial score (nSPS) is 29.4. The SMILES string of the molecule is CCOC1CC(NC(=NC)NC2CCN(C(=O)C(C)C)C2)C12CCCCC2.I. The van der Waals surface area contributed by atoms with Crippen molar-refractivity contribution in [3.05, 3.63) is 0 Å². The van der Waals surface area contributed by atoms with E-state index in [0.29, 0.717) is 12.1 Å². The van der Waals surface area contributed by atoms with Crippen LogP contribution < -0.4 is 10.6 Å². The molecule has 6 nitrogen and oxygen atoms in total. The Kier molecular flexibility index (Phi) is 8.85. The number of guanidine groups is 1. The number of carbonyl (C=O) groups excluding carboxylic acids is 1. The quantitative estimate of drug-likeness (QED) is 0.342. The Bertz CT molecular complexity index is 549. The molecule has 162 valence electrons. The van der Waals surface area contributed by atoms with Crippen LogP contribution in [0.5, 0.6) is 0 Å². The highest BCUT2D eigenvalue weighted by atomic mass is 127. The maximum atomic E-state index is 12.2. The van der Waals surface area contributed by atoms with Crippen LogP contribution in [-0.2, 0) is 9.53 Å². The summed E-state index contributed by atoms with van der Waals surface area (Å²) < 4.78 is 6.07. The minimum absolute atomic E-state index is 0. The first kappa shape index (κ1) is 23.7. The Morgan fingerprint density at radius 2 is 1.96 bits per heavy atom. The summed E-state index contributed by atoms with van der Waals surface area (Å²) in [7, 11) is 1.84. The number of likely N-dealkylation sites (tertiary alicyclic amines) is 1. The van der Waals surface area contributed by atoms with E-state index in [1.54, 1.807) is 0 Å². The first-order valence-electron chi connectivity index (χ1n) is 10.9. The molecule has 0 aromatic heterocycles. The van der Waals surface area contributed by atoms with E-state index >= 15 is 0 Å². The predicted molar refractivity (Wildman–Crippen MR) is 124 cm³/mol. The monoisotopic (exact) mass is 506 g/mol. The molecule has 1 aliphatic heterocycles. The van der Waals surface area contributed by atoms with Crippen LogP contribution in [-0.4, -0.2) is 61.7 Å². The lowest BCUT2D eigenvalue weighted by atomic mass is 9.55. The van der Waals surface area contributed by atoms with Crippen molar-refractivity contribution < 1.29 is 9.53 Å². The second-order valence-corrected chi connectivity index (χ2v) is 8.81. The molecule has 3 fully saturated rings. The van der Waals surface area contributed by atoms with E-state index in [-0.39, 0.29) is 47.3 Å². The minimum Gasteiger partial charge on any atom is -0.378 e. The molecular formula is C21H39IN4O2. The predicted octanol–water partition coefficient (Wildman–Crippen LogP) is 3.15. The lowest BCUT2D eigenvalue weighted by Gasteiger charge is -2.58. The summed E-state index contributed by atoms with van der Waals surface area (Å²) in [4.78, 5) is 18.7. The zero-order valence-corrected chi connectivity index (χ0v) is 20.3. The third kappa shape index (κ3) is 4.94. The van der Waals surface area contributed by atoms with Crippen LogP contribution in [0.2, 0.25) is 0 Å².